The first-order valence-corrected chi connectivity index (χ1v) is 9.68. The maximum Gasteiger partial charge on any atom is 0.191 e. The summed E-state index contributed by atoms with van der Waals surface area (Å²) in [5, 5.41) is 6.97. The first-order valence-electron chi connectivity index (χ1n) is 9.68. The topological polar surface area (TPSA) is 39.7 Å². The number of benzene rings is 2. The molecule has 0 bridgehead atoms. The Morgan fingerprint density at radius 1 is 1.04 bits per heavy atom. The van der Waals surface area contributed by atoms with Crippen molar-refractivity contribution in [2.45, 2.75) is 32.4 Å². The third-order valence-electron chi connectivity index (χ3n) is 5.22. The van der Waals surface area contributed by atoms with Gasteiger partial charge in [0.05, 0.1) is 0 Å². The smallest absolute Gasteiger partial charge is 0.191 e. The zero-order valence-corrected chi connectivity index (χ0v) is 19.3. The molecule has 0 amide bonds. The number of hydrogen-bond acceptors (Lipinski definition) is 2. The second-order valence-corrected chi connectivity index (χ2v) is 7.10. The number of anilines is 1. The minimum Gasteiger partial charge on any atom is -0.364 e. The van der Waals surface area contributed by atoms with Gasteiger partial charge >= 0.3 is 0 Å². The van der Waals surface area contributed by atoms with Crippen molar-refractivity contribution in [2.24, 2.45) is 4.99 Å². The molecular weight excluding hydrogens is 459 g/mol. The summed E-state index contributed by atoms with van der Waals surface area (Å²) < 4.78 is 0. The van der Waals surface area contributed by atoms with E-state index < -0.39 is 0 Å². The molecule has 0 saturated heterocycles. The van der Waals surface area contributed by atoms with Crippen molar-refractivity contribution in [1.29, 1.82) is 0 Å². The van der Waals surface area contributed by atoms with E-state index in [1.165, 1.54) is 16.8 Å². The Morgan fingerprint density at radius 3 is 2.43 bits per heavy atom. The lowest BCUT2D eigenvalue weighted by Gasteiger charge is -2.24. The van der Waals surface area contributed by atoms with Gasteiger partial charge in [-0.3, -0.25) is 4.99 Å². The van der Waals surface area contributed by atoms with Crippen LogP contribution >= 0.6 is 24.0 Å². The predicted molar refractivity (Wildman–Crippen MR) is 131 cm³/mol. The highest BCUT2D eigenvalue weighted by atomic mass is 127. The van der Waals surface area contributed by atoms with Crippen molar-refractivity contribution >= 4 is 35.6 Å². The number of guanidine groups is 1. The van der Waals surface area contributed by atoms with E-state index in [-0.39, 0.29) is 30.0 Å². The minimum absolute atomic E-state index is 0. The van der Waals surface area contributed by atoms with Crippen molar-refractivity contribution in [2.75, 3.05) is 25.0 Å². The molecule has 2 atom stereocenters. The predicted octanol–water partition coefficient (Wildman–Crippen LogP) is 4.54. The SMILES string of the molecule is CN=C(NCc1cccc(N2CC=CC2)c1)NC(C)C(C)c1ccccc1.I. The molecule has 150 valence electrons. The summed E-state index contributed by atoms with van der Waals surface area (Å²) in [7, 11) is 1.82. The molecule has 0 aromatic heterocycles. The summed E-state index contributed by atoms with van der Waals surface area (Å²) in [6.07, 6.45) is 4.43. The Hall–Kier alpha value is -2.02. The Labute approximate surface area is 186 Å². The molecule has 1 heterocycles. The average molecular weight is 490 g/mol. The Kier molecular flexibility index (Phi) is 8.83. The molecule has 0 fully saturated rings. The van der Waals surface area contributed by atoms with Crippen LogP contribution in [0.25, 0.3) is 0 Å². The van der Waals surface area contributed by atoms with Crippen molar-refractivity contribution in [3.8, 4) is 0 Å². The molecule has 4 nitrogen and oxygen atoms in total. The molecular formula is C23H31IN4. The monoisotopic (exact) mass is 490 g/mol. The summed E-state index contributed by atoms with van der Waals surface area (Å²) in [6.45, 7) is 7.19. The third kappa shape index (κ3) is 5.99. The molecule has 2 N–H and O–H groups in total. The fraction of sp³-hybridized carbons (Fsp3) is 0.348. The fourth-order valence-electron chi connectivity index (χ4n) is 3.32. The van der Waals surface area contributed by atoms with Gasteiger partial charge in [-0.15, -0.1) is 24.0 Å². The van der Waals surface area contributed by atoms with Crippen LogP contribution in [0.5, 0.6) is 0 Å². The second-order valence-electron chi connectivity index (χ2n) is 7.10. The molecule has 3 rings (SSSR count). The van der Waals surface area contributed by atoms with E-state index in [9.17, 15) is 0 Å². The zero-order valence-electron chi connectivity index (χ0n) is 16.9. The van der Waals surface area contributed by atoms with Crippen LogP contribution < -0.4 is 15.5 Å². The first kappa shape index (κ1) is 22.3. The molecule has 2 aromatic rings. The highest BCUT2D eigenvalue weighted by Gasteiger charge is 2.15. The number of hydrogen-bond donors (Lipinski definition) is 2. The van der Waals surface area contributed by atoms with Crippen LogP contribution in [-0.4, -0.2) is 32.1 Å². The molecule has 1 aliphatic rings. The van der Waals surface area contributed by atoms with Gasteiger partial charge in [-0.05, 0) is 30.2 Å². The largest absolute Gasteiger partial charge is 0.364 e. The highest BCUT2D eigenvalue weighted by molar-refractivity contribution is 14.0. The second kappa shape index (κ2) is 11.1. The van der Waals surface area contributed by atoms with Crippen molar-refractivity contribution in [3.63, 3.8) is 0 Å². The summed E-state index contributed by atoms with van der Waals surface area (Å²) >= 11 is 0. The van der Waals surface area contributed by atoms with Crippen molar-refractivity contribution < 1.29 is 0 Å². The Morgan fingerprint density at radius 2 is 1.75 bits per heavy atom. The maximum atomic E-state index is 4.39. The first-order chi connectivity index (χ1) is 13.2. The number of aliphatic imine (C=N–C) groups is 1. The Balaban J connectivity index is 0.00000280. The normalized spacial score (nSPS) is 15.7. The third-order valence-corrected chi connectivity index (χ3v) is 5.22. The molecule has 0 aliphatic carbocycles. The highest BCUT2D eigenvalue weighted by Crippen LogP contribution is 2.19. The van der Waals surface area contributed by atoms with E-state index >= 15 is 0 Å². The van der Waals surface area contributed by atoms with Gasteiger partial charge in [-0.2, -0.15) is 0 Å². The lowest BCUT2D eigenvalue weighted by Crippen LogP contribution is -2.43. The van der Waals surface area contributed by atoms with E-state index in [1.807, 2.05) is 7.05 Å². The molecule has 5 heteroatoms. The maximum absolute atomic E-state index is 4.39. The lowest BCUT2D eigenvalue weighted by molar-refractivity contribution is 0.550. The number of halogens is 1. The van der Waals surface area contributed by atoms with Gasteiger partial charge in [0.15, 0.2) is 5.96 Å². The number of nitrogens with one attached hydrogen (secondary N) is 2. The standard InChI is InChI=1S/C23H30N4.HI/c1-18(21-11-5-4-6-12-21)19(2)26-23(24-3)25-17-20-10-9-13-22(16-20)27-14-7-8-15-27;/h4-13,16,18-19H,14-15,17H2,1-3H3,(H2,24,25,26);1H. The van der Waals surface area contributed by atoms with Crippen LogP contribution in [0.2, 0.25) is 0 Å². The van der Waals surface area contributed by atoms with E-state index in [0.29, 0.717) is 5.92 Å². The van der Waals surface area contributed by atoms with Crippen molar-refractivity contribution in [1.82, 2.24) is 10.6 Å². The van der Waals surface area contributed by atoms with Gasteiger partial charge in [0.2, 0.25) is 0 Å². The molecule has 2 aromatic carbocycles. The number of nitrogens with zero attached hydrogens (tertiary/aromatic N) is 2. The summed E-state index contributed by atoms with van der Waals surface area (Å²) in [6, 6.07) is 19.6. The molecule has 2 unspecified atom stereocenters. The van der Waals surface area contributed by atoms with Crippen molar-refractivity contribution in [3.05, 3.63) is 77.9 Å². The summed E-state index contributed by atoms with van der Waals surface area (Å²) in [5.41, 5.74) is 3.86. The Bertz CT molecular complexity index is 780. The van der Waals surface area contributed by atoms with Crippen LogP contribution in [0.15, 0.2) is 71.7 Å². The van der Waals surface area contributed by atoms with Gasteiger partial charge in [-0.25, -0.2) is 0 Å². The summed E-state index contributed by atoms with van der Waals surface area (Å²) in [5.74, 6) is 1.23. The molecule has 0 radical (unpaired) electrons. The summed E-state index contributed by atoms with van der Waals surface area (Å²) in [4.78, 5) is 6.75. The number of rotatable bonds is 6. The molecule has 0 spiro atoms. The van der Waals surface area contributed by atoms with E-state index in [0.717, 1.165) is 25.6 Å². The van der Waals surface area contributed by atoms with Gasteiger partial charge in [0.25, 0.3) is 0 Å². The van der Waals surface area contributed by atoms with Gasteiger partial charge < -0.3 is 15.5 Å². The van der Waals surface area contributed by atoms with Crippen LogP contribution in [0, 0.1) is 0 Å². The van der Waals surface area contributed by atoms with E-state index in [1.54, 1.807) is 0 Å². The van der Waals surface area contributed by atoms with Gasteiger partial charge in [-0.1, -0.05) is 61.5 Å². The lowest BCUT2D eigenvalue weighted by atomic mass is 9.94. The van der Waals surface area contributed by atoms with Crippen LogP contribution in [0.1, 0.15) is 30.9 Å². The average Bonchev–Trinajstić information content (AvgIpc) is 3.26. The van der Waals surface area contributed by atoms with E-state index in [2.05, 4.69) is 101 Å². The van der Waals surface area contributed by atoms with Gasteiger partial charge in [0, 0.05) is 44.3 Å². The minimum atomic E-state index is 0. The van der Waals surface area contributed by atoms with Crippen LogP contribution in [0.4, 0.5) is 5.69 Å². The quantitative estimate of drug-likeness (QED) is 0.271. The van der Waals surface area contributed by atoms with E-state index in [4.69, 9.17) is 0 Å². The molecule has 28 heavy (non-hydrogen) atoms. The van der Waals surface area contributed by atoms with Crippen LogP contribution in [0.3, 0.4) is 0 Å². The fourth-order valence-corrected chi connectivity index (χ4v) is 3.32. The molecule has 0 saturated carbocycles. The van der Waals surface area contributed by atoms with Gasteiger partial charge in [0.1, 0.15) is 0 Å². The van der Waals surface area contributed by atoms with Crippen LogP contribution in [-0.2, 0) is 6.54 Å². The zero-order chi connectivity index (χ0) is 19.1. The molecule has 1 aliphatic heterocycles.